The third kappa shape index (κ3) is 7.85. The standard InChI is InChI=1S/C39H46ClN3O4/c1-39(2,3)47-38(45)42-20-18-33(29-13-8-12-28(22-29)27-10-6-5-7-11-27)35(26-42)37(44)43(32-15-16-32)25-30-24-41(19-9-21-46-4)36-17-14-31(40)23-34(30)36/h5-8,10-14,17,22-24,32-33,35H,9,15-16,18-21,25-26H2,1-4H3/t33-,35+/m1/s1. The van der Waals surface area contributed by atoms with Crippen LogP contribution in [0.2, 0.25) is 5.02 Å². The highest BCUT2D eigenvalue weighted by atomic mass is 35.5. The third-order valence-corrected chi connectivity index (χ3v) is 9.52. The molecule has 6 rings (SSSR count). The zero-order valence-corrected chi connectivity index (χ0v) is 28.7. The number of fused-ring (bicyclic) bond motifs is 1. The summed E-state index contributed by atoms with van der Waals surface area (Å²) in [5, 5.41) is 1.75. The summed E-state index contributed by atoms with van der Waals surface area (Å²) in [6, 6.07) is 25.1. The number of rotatable bonds is 10. The maximum Gasteiger partial charge on any atom is 0.410 e. The average Bonchev–Trinajstić information content (AvgIpc) is 3.85. The molecule has 3 aromatic carbocycles. The highest BCUT2D eigenvalue weighted by molar-refractivity contribution is 6.31. The fourth-order valence-electron chi connectivity index (χ4n) is 6.88. The number of benzene rings is 3. The maximum absolute atomic E-state index is 14.9. The molecular weight excluding hydrogens is 610 g/mol. The lowest BCUT2D eigenvalue weighted by Gasteiger charge is -2.40. The maximum atomic E-state index is 14.9. The summed E-state index contributed by atoms with van der Waals surface area (Å²) in [4.78, 5) is 32.0. The second-order valence-corrected chi connectivity index (χ2v) is 14.4. The molecule has 2 heterocycles. The van der Waals surface area contributed by atoms with E-state index in [1.165, 1.54) is 0 Å². The molecule has 2 aliphatic rings. The first-order valence-electron chi connectivity index (χ1n) is 16.8. The molecule has 0 unspecified atom stereocenters. The lowest BCUT2D eigenvalue weighted by atomic mass is 9.79. The van der Waals surface area contributed by atoms with Crippen molar-refractivity contribution in [2.45, 2.75) is 77.1 Å². The van der Waals surface area contributed by atoms with Gasteiger partial charge in [-0.1, -0.05) is 66.2 Å². The van der Waals surface area contributed by atoms with E-state index in [9.17, 15) is 9.59 Å². The van der Waals surface area contributed by atoms with E-state index in [1.54, 1.807) is 12.0 Å². The van der Waals surface area contributed by atoms with Crippen molar-refractivity contribution >= 4 is 34.5 Å². The second kappa shape index (κ2) is 14.1. The zero-order chi connectivity index (χ0) is 33.1. The van der Waals surface area contributed by atoms with Crippen LogP contribution in [0.5, 0.6) is 0 Å². The molecule has 47 heavy (non-hydrogen) atoms. The van der Waals surface area contributed by atoms with Crippen LogP contribution in [0.25, 0.3) is 22.0 Å². The number of amides is 2. The van der Waals surface area contributed by atoms with E-state index in [2.05, 4.69) is 58.1 Å². The normalized spacial score (nSPS) is 18.4. The summed E-state index contributed by atoms with van der Waals surface area (Å²) in [7, 11) is 1.72. The van der Waals surface area contributed by atoms with Gasteiger partial charge in [-0.2, -0.15) is 0 Å². The Morgan fingerprint density at radius 1 is 0.957 bits per heavy atom. The Hall–Kier alpha value is -3.81. The molecule has 1 aliphatic heterocycles. The van der Waals surface area contributed by atoms with Gasteiger partial charge in [-0.15, -0.1) is 0 Å². The van der Waals surface area contributed by atoms with E-state index in [0.29, 0.717) is 37.7 Å². The van der Waals surface area contributed by atoms with Gasteiger partial charge in [-0.25, -0.2) is 4.79 Å². The first-order valence-corrected chi connectivity index (χ1v) is 17.2. The van der Waals surface area contributed by atoms with Gasteiger partial charge in [0.1, 0.15) is 5.60 Å². The summed E-state index contributed by atoms with van der Waals surface area (Å²) in [5.41, 5.74) is 4.97. The number of hydrogen-bond acceptors (Lipinski definition) is 4. The predicted molar refractivity (Wildman–Crippen MR) is 188 cm³/mol. The number of piperidine rings is 1. The van der Waals surface area contributed by atoms with Crippen molar-refractivity contribution < 1.29 is 19.1 Å². The third-order valence-electron chi connectivity index (χ3n) is 9.29. The zero-order valence-electron chi connectivity index (χ0n) is 28.0. The molecule has 8 heteroatoms. The fraction of sp³-hybridized carbons (Fsp3) is 0.436. The molecule has 2 atom stereocenters. The van der Waals surface area contributed by atoms with Gasteiger partial charge in [-0.3, -0.25) is 4.79 Å². The summed E-state index contributed by atoms with van der Waals surface area (Å²) >= 11 is 6.50. The monoisotopic (exact) mass is 655 g/mol. The number of halogens is 1. The number of carbonyl (C=O) groups is 2. The number of hydrogen-bond donors (Lipinski definition) is 0. The minimum Gasteiger partial charge on any atom is -0.444 e. The molecule has 1 aromatic heterocycles. The number of aromatic nitrogens is 1. The predicted octanol–water partition coefficient (Wildman–Crippen LogP) is 8.53. The van der Waals surface area contributed by atoms with Crippen LogP contribution < -0.4 is 0 Å². The largest absolute Gasteiger partial charge is 0.444 e. The van der Waals surface area contributed by atoms with Gasteiger partial charge >= 0.3 is 6.09 Å². The van der Waals surface area contributed by atoms with Crippen molar-refractivity contribution in [1.82, 2.24) is 14.4 Å². The fourth-order valence-corrected chi connectivity index (χ4v) is 7.05. The van der Waals surface area contributed by atoms with Crippen LogP contribution in [0.15, 0.2) is 79.0 Å². The van der Waals surface area contributed by atoms with Crippen molar-refractivity contribution in [1.29, 1.82) is 0 Å². The molecule has 7 nitrogen and oxygen atoms in total. The minimum atomic E-state index is -0.615. The van der Waals surface area contributed by atoms with E-state index in [1.807, 2.05) is 51.1 Å². The average molecular weight is 656 g/mol. The number of carbonyl (C=O) groups excluding carboxylic acids is 2. The SMILES string of the molecule is COCCCn1cc(CN(C(=O)[C@H]2CN(C(=O)OC(C)(C)C)CC[C@@H]2c2cccc(-c3ccccc3)c2)C2CC2)c2cc(Cl)ccc21. The molecule has 2 amide bonds. The van der Waals surface area contributed by atoms with Crippen LogP contribution in [0.1, 0.15) is 63.5 Å². The first-order chi connectivity index (χ1) is 22.6. The second-order valence-electron chi connectivity index (χ2n) is 14.0. The van der Waals surface area contributed by atoms with Crippen LogP contribution >= 0.6 is 11.6 Å². The van der Waals surface area contributed by atoms with Gasteiger partial charge in [0.25, 0.3) is 0 Å². The van der Waals surface area contributed by atoms with Crippen LogP contribution in [-0.2, 0) is 27.4 Å². The molecule has 248 valence electrons. The Labute approximate surface area is 283 Å². The van der Waals surface area contributed by atoms with Gasteiger partial charge in [0.05, 0.1) is 5.92 Å². The Kier molecular flexibility index (Phi) is 9.95. The van der Waals surface area contributed by atoms with Gasteiger partial charge in [-0.05, 0) is 92.8 Å². The van der Waals surface area contributed by atoms with Crippen LogP contribution in [0.3, 0.4) is 0 Å². The summed E-state index contributed by atoms with van der Waals surface area (Å²) in [6.45, 7) is 8.48. The molecule has 0 radical (unpaired) electrons. The molecule has 2 fully saturated rings. The van der Waals surface area contributed by atoms with E-state index >= 15 is 0 Å². The van der Waals surface area contributed by atoms with Crippen LogP contribution in [0.4, 0.5) is 4.79 Å². The molecular formula is C39H46ClN3O4. The molecule has 1 saturated heterocycles. The highest BCUT2D eigenvalue weighted by Crippen LogP contribution is 2.40. The summed E-state index contributed by atoms with van der Waals surface area (Å²) in [5.74, 6) is -0.337. The minimum absolute atomic E-state index is 0.0315. The van der Waals surface area contributed by atoms with Crippen molar-refractivity contribution in [2.24, 2.45) is 5.92 Å². The van der Waals surface area contributed by atoms with E-state index in [-0.39, 0.29) is 24.0 Å². The molecule has 0 bridgehead atoms. The van der Waals surface area contributed by atoms with Crippen LogP contribution in [0, 0.1) is 5.92 Å². The van der Waals surface area contributed by atoms with E-state index in [4.69, 9.17) is 21.1 Å². The van der Waals surface area contributed by atoms with Crippen LogP contribution in [-0.4, -0.2) is 64.8 Å². The molecule has 0 N–H and O–H groups in total. The number of aryl methyl sites for hydroxylation is 1. The number of ether oxygens (including phenoxy) is 2. The Bertz CT molecular complexity index is 1710. The van der Waals surface area contributed by atoms with Gasteiger partial charge in [0, 0.05) is 68.1 Å². The number of likely N-dealkylation sites (tertiary alicyclic amines) is 1. The lowest BCUT2D eigenvalue weighted by Crippen LogP contribution is -2.51. The molecule has 1 saturated carbocycles. The topological polar surface area (TPSA) is 64.0 Å². The molecule has 0 spiro atoms. The van der Waals surface area contributed by atoms with Crippen molar-refractivity contribution in [2.75, 3.05) is 26.8 Å². The van der Waals surface area contributed by atoms with Crippen molar-refractivity contribution in [3.05, 3.63) is 95.1 Å². The Morgan fingerprint density at radius 2 is 1.72 bits per heavy atom. The van der Waals surface area contributed by atoms with Crippen molar-refractivity contribution in [3.63, 3.8) is 0 Å². The Balaban J connectivity index is 1.33. The van der Waals surface area contributed by atoms with Gasteiger partial charge in [0.2, 0.25) is 5.91 Å². The van der Waals surface area contributed by atoms with Gasteiger partial charge in [0.15, 0.2) is 0 Å². The van der Waals surface area contributed by atoms with E-state index < -0.39 is 11.5 Å². The highest BCUT2D eigenvalue weighted by Gasteiger charge is 2.43. The van der Waals surface area contributed by atoms with Crippen molar-refractivity contribution in [3.8, 4) is 11.1 Å². The smallest absolute Gasteiger partial charge is 0.410 e. The molecule has 1 aliphatic carbocycles. The molecule has 4 aromatic rings. The number of methoxy groups -OCH3 is 1. The summed E-state index contributed by atoms with van der Waals surface area (Å²) in [6.07, 6.45) is 5.35. The van der Waals surface area contributed by atoms with E-state index in [0.717, 1.165) is 59.0 Å². The van der Waals surface area contributed by atoms with Gasteiger partial charge < -0.3 is 23.8 Å². The first kappa shape index (κ1) is 33.1. The quantitative estimate of drug-likeness (QED) is 0.161. The Morgan fingerprint density at radius 3 is 2.45 bits per heavy atom. The number of nitrogens with zero attached hydrogens (tertiary/aromatic N) is 3. The lowest BCUT2D eigenvalue weighted by molar-refractivity contribution is -0.139. The summed E-state index contributed by atoms with van der Waals surface area (Å²) < 4.78 is 13.3.